The van der Waals surface area contributed by atoms with E-state index < -0.39 is 0 Å². The second-order valence-corrected chi connectivity index (χ2v) is 14.9. The SMILES string of the molecule is c1ccc(-c2nc(-c3ccc4c(c3)sc3ccccc34)nc(-c3cccc4oc5cccc(-c6cccc7sc8ccccc8c67)c5c34)n2)cc1. The number of nitrogens with zero attached hydrogens (tertiary/aromatic N) is 3. The molecular weight excluding hydrogens is 663 g/mol. The molecule has 7 aromatic carbocycles. The second kappa shape index (κ2) is 11.2. The quantitative estimate of drug-likeness (QED) is 0.185. The third kappa shape index (κ3) is 4.47. The minimum Gasteiger partial charge on any atom is -0.456 e. The van der Waals surface area contributed by atoms with Gasteiger partial charge in [-0.15, -0.1) is 22.7 Å². The lowest BCUT2D eigenvalue weighted by Crippen LogP contribution is -2.00. The van der Waals surface area contributed by atoms with Crippen LogP contribution in [0.4, 0.5) is 0 Å². The Morgan fingerprint density at radius 3 is 1.71 bits per heavy atom. The molecule has 4 aromatic heterocycles. The van der Waals surface area contributed by atoms with E-state index in [1.807, 2.05) is 41.7 Å². The van der Waals surface area contributed by atoms with Gasteiger partial charge in [-0.2, -0.15) is 0 Å². The summed E-state index contributed by atoms with van der Waals surface area (Å²) < 4.78 is 11.6. The Bertz CT molecular complexity index is 3160. The molecule has 0 spiro atoms. The van der Waals surface area contributed by atoms with Crippen LogP contribution in [0.25, 0.3) is 108 Å². The first-order chi connectivity index (χ1) is 25.3. The number of benzene rings is 7. The molecule has 0 saturated carbocycles. The third-order valence-corrected chi connectivity index (χ3v) is 12.0. The normalized spacial score (nSPS) is 11.9. The van der Waals surface area contributed by atoms with E-state index >= 15 is 0 Å². The van der Waals surface area contributed by atoms with Crippen LogP contribution in [0, 0.1) is 0 Å². The summed E-state index contributed by atoms with van der Waals surface area (Å²) >= 11 is 3.63. The van der Waals surface area contributed by atoms with Crippen molar-refractivity contribution in [3.63, 3.8) is 0 Å². The maximum Gasteiger partial charge on any atom is 0.164 e. The molecular formula is C45H25N3OS2. The highest BCUT2D eigenvalue weighted by Crippen LogP contribution is 2.46. The van der Waals surface area contributed by atoms with Crippen LogP contribution in [0.15, 0.2) is 156 Å². The fourth-order valence-corrected chi connectivity index (χ4v) is 9.76. The lowest BCUT2D eigenvalue weighted by Gasteiger charge is -2.11. The Balaban J connectivity index is 1.18. The largest absolute Gasteiger partial charge is 0.456 e. The van der Waals surface area contributed by atoms with Crippen molar-refractivity contribution >= 4 is 85.0 Å². The zero-order chi connectivity index (χ0) is 33.5. The summed E-state index contributed by atoms with van der Waals surface area (Å²) in [6.07, 6.45) is 0. The van der Waals surface area contributed by atoms with E-state index in [0.29, 0.717) is 17.5 Å². The Kier molecular flexibility index (Phi) is 6.26. The number of furan rings is 1. The predicted molar refractivity (Wildman–Crippen MR) is 215 cm³/mol. The van der Waals surface area contributed by atoms with Crippen LogP contribution in [-0.2, 0) is 0 Å². The van der Waals surface area contributed by atoms with Gasteiger partial charge in [0.1, 0.15) is 11.2 Å². The zero-order valence-electron chi connectivity index (χ0n) is 27.0. The molecule has 0 saturated heterocycles. The molecule has 238 valence electrons. The maximum absolute atomic E-state index is 6.60. The molecule has 4 heterocycles. The van der Waals surface area contributed by atoms with Crippen molar-refractivity contribution in [3.8, 4) is 45.3 Å². The van der Waals surface area contributed by atoms with Gasteiger partial charge in [-0.05, 0) is 47.5 Å². The van der Waals surface area contributed by atoms with Gasteiger partial charge in [-0.25, -0.2) is 15.0 Å². The smallest absolute Gasteiger partial charge is 0.164 e. The molecule has 0 unspecified atom stereocenters. The van der Waals surface area contributed by atoms with Gasteiger partial charge in [-0.1, -0.05) is 115 Å². The van der Waals surface area contributed by atoms with E-state index in [1.165, 1.54) is 45.9 Å². The molecule has 0 amide bonds. The lowest BCUT2D eigenvalue weighted by molar-refractivity contribution is 0.669. The first kappa shape index (κ1) is 28.6. The van der Waals surface area contributed by atoms with Crippen molar-refractivity contribution in [2.45, 2.75) is 0 Å². The van der Waals surface area contributed by atoms with Gasteiger partial charge >= 0.3 is 0 Å². The third-order valence-electron chi connectivity index (χ3n) is 9.76. The maximum atomic E-state index is 6.60. The summed E-state index contributed by atoms with van der Waals surface area (Å²) in [7, 11) is 0. The van der Waals surface area contributed by atoms with E-state index in [1.54, 1.807) is 11.3 Å². The summed E-state index contributed by atoms with van der Waals surface area (Å²) in [5.41, 5.74) is 6.74. The highest BCUT2D eigenvalue weighted by molar-refractivity contribution is 7.26. The Labute approximate surface area is 299 Å². The molecule has 0 fully saturated rings. The van der Waals surface area contributed by atoms with E-state index in [2.05, 4.69) is 121 Å². The molecule has 0 atom stereocenters. The molecule has 0 radical (unpaired) electrons. The number of hydrogen-bond acceptors (Lipinski definition) is 6. The van der Waals surface area contributed by atoms with Gasteiger partial charge in [0.15, 0.2) is 17.5 Å². The van der Waals surface area contributed by atoms with Crippen molar-refractivity contribution < 1.29 is 4.42 Å². The van der Waals surface area contributed by atoms with Crippen molar-refractivity contribution in [3.05, 3.63) is 152 Å². The summed E-state index contributed by atoms with van der Waals surface area (Å²) in [4.78, 5) is 15.5. The highest BCUT2D eigenvalue weighted by atomic mass is 32.1. The first-order valence-electron chi connectivity index (χ1n) is 16.9. The minimum absolute atomic E-state index is 0.609. The van der Waals surface area contributed by atoms with Crippen LogP contribution < -0.4 is 0 Å². The van der Waals surface area contributed by atoms with Gasteiger partial charge in [0.25, 0.3) is 0 Å². The molecule has 6 heteroatoms. The molecule has 0 N–H and O–H groups in total. The van der Waals surface area contributed by atoms with Gasteiger partial charge < -0.3 is 4.42 Å². The first-order valence-corrected chi connectivity index (χ1v) is 18.5. The van der Waals surface area contributed by atoms with Crippen LogP contribution in [0.2, 0.25) is 0 Å². The molecule has 0 aliphatic rings. The Hall–Kier alpha value is -6.21. The fourth-order valence-electron chi connectivity index (χ4n) is 7.48. The predicted octanol–water partition coefficient (Wildman–Crippen LogP) is 13.2. The monoisotopic (exact) mass is 687 g/mol. The van der Waals surface area contributed by atoms with Crippen LogP contribution in [0.5, 0.6) is 0 Å². The number of hydrogen-bond donors (Lipinski definition) is 0. The van der Waals surface area contributed by atoms with Gasteiger partial charge in [0, 0.05) is 67.8 Å². The minimum atomic E-state index is 0.609. The van der Waals surface area contributed by atoms with Crippen LogP contribution in [-0.4, -0.2) is 15.0 Å². The summed E-state index contributed by atoms with van der Waals surface area (Å²) in [5.74, 6) is 1.88. The van der Waals surface area contributed by atoms with Crippen molar-refractivity contribution in [1.29, 1.82) is 0 Å². The molecule has 0 aliphatic heterocycles. The number of aromatic nitrogens is 3. The summed E-state index contributed by atoms with van der Waals surface area (Å²) in [6.45, 7) is 0. The van der Waals surface area contributed by atoms with Crippen molar-refractivity contribution in [2.75, 3.05) is 0 Å². The standard InChI is InChI=1S/C45H25N3OS2/c1-2-11-26(12-3-1)43-46-44(27-23-24-29-28-13-4-6-20-36(28)51-39(29)25-27)48-45(47-43)33-17-9-19-35-42(33)41-31(15-8-18-34(41)49-35)30-16-10-22-38-40(30)32-14-5-7-21-37(32)50-38/h1-25H. The van der Waals surface area contributed by atoms with Gasteiger partial charge in [0.05, 0.1) is 0 Å². The van der Waals surface area contributed by atoms with Crippen LogP contribution >= 0.6 is 22.7 Å². The average Bonchev–Trinajstić information content (AvgIpc) is 3.89. The average molecular weight is 688 g/mol. The zero-order valence-corrected chi connectivity index (χ0v) is 28.6. The van der Waals surface area contributed by atoms with Gasteiger partial charge in [-0.3, -0.25) is 0 Å². The van der Waals surface area contributed by atoms with E-state index in [4.69, 9.17) is 19.4 Å². The Morgan fingerprint density at radius 1 is 0.353 bits per heavy atom. The van der Waals surface area contributed by atoms with E-state index in [-0.39, 0.29) is 0 Å². The van der Waals surface area contributed by atoms with Gasteiger partial charge in [0.2, 0.25) is 0 Å². The molecule has 0 bridgehead atoms. The number of thiophene rings is 2. The van der Waals surface area contributed by atoms with Crippen molar-refractivity contribution in [2.24, 2.45) is 0 Å². The van der Waals surface area contributed by atoms with E-state index in [0.717, 1.165) is 44.2 Å². The fraction of sp³-hybridized carbons (Fsp3) is 0. The molecule has 0 aliphatic carbocycles. The Morgan fingerprint density at radius 2 is 0.902 bits per heavy atom. The van der Waals surface area contributed by atoms with Crippen LogP contribution in [0.3, 0.4) is 0 Å². The summed E-state index contributed by atoms with van der Waals surface area (Å²) in [5, 5.41) is 7.10. The molecule has 51 heavy (non-hydrogen) atoms. The number of rotatable bonds is 4. The second-order valence-electron chi connectivity index (χ2n) is 12.7. The van der Waals surface area contributed by atoms with Crippen molar-refractivity contribution in [1.82, 2.24) is 15.0 Å². The molecule has 11 rings (SSSR count). The summed E-state index contributed by atoms with van der Waals surface area (Å²) in [6, 6.07) is 53.1. The highest BCUT2D eigenvalue weighted by Gasteiger charge is 2.22. The number of fused-ring (bicyclic) bond motifs is 9. The topological polar surface area (TPSA) is 51.8 Å². The molecule has 4 nitrogen and oxygen atoms in total. The van der Waals surface area contributed by atoms with E-state index in [9.17, 15) is 0 Å². The lowest BCUT2D eigenvalue weighted by atomic mass is 9.94. The molecule has 11 aromatic rings. The van der Waals surface area contributed by atoms with Crippen LogP contribution in [0.1, 0.15) is 0 Å².